The summed E-state index contributed by atoms with van der Waals surface area (Å²) in [6, 6.07) is 0. The predicted molar refractivity (Wildman–Crippen MR) is 61.5 cm³/mol. The highest BCUT2D eigenvalue weighted by atomic mass is 16.2. The Morgan fingerprint density at radius 3 is 3.12 bits per heavy atom. The quantitative estimate of drug-likeness (QED) is 0.597. The van der Waals surface area contributed by atoms with Gasteiger partial charge in [0.25, 0.3) is 5.91 Å². The van der Waals surface area contributed by atoms with Crippen molar-refractivity contribution in [2.45, 2.75) is 39.5 Å². The lowest BCUT2D eigenvalue weighted by atomic mass is 10.2. The number of hydrogen-bond donors (Lipinski definition) is 2. The Morgan fingerprint density at radius 1 is 1.56 bits per heavy atom. The summed E-state index contributed by atoms with van der Waals surface area (Å²) >= 11 is 0. The lowest BCUT2D eigenvalue weighted by molar-refractivity contribution is 0.0949. The predicted octanol–water partition coefficient (Wildman–Crippen LogP) is 1.41. The maximum Gasteiger partial charge on any atom is 0.292 e. The van der Waals surface area contributed by atoms with Gasteiger partial charge in [-0.05, 0) is 32.6 Å². The van der Waals surface area contributed by atoms with E-state index in [1.807, 2.05) is 13.8 Å². The third kappa shape index (κ3) is 1.98. The van der Waals surface area contributed by atoms with E-state index in [2.05, 4.69) is 20.7 Å². The van der Waals surface area contributed by atoms with Gasteiger partial charge < -0.3 is 0 Å². The zero-order valence-corrected chi connectivity index (χ0v) is 9.63. The van der Waals surface area contributed by atoms with Crippen molar-refractivity contribution in [2.24, 2.45) is 5.10 Å². The van der Waals surface area contributed by atoms with Gasteiger partial charge in [-0.25, -0.2) is 5.43 Å². The minimum atomic E-state index is -0.216. The molecule has 5 nitrogen and oxygen atoms in total. The first-order valence-electron chi connectivity index (χ1n) is 5.62. The number of aryl methyl sites for hydroxylation is 1. The van der Waals surface area contributed by atoms with Crippen LogP contribution in [0.15, 0.2) is 5.10 Å². The topological polar surface area (TPSA) is 70.1 Å². The molecule has 1 aliphatic rings. The summed E-state index contributed by atoms with van der Waals surface area (Å²) in [7, 11) is 0. The Labute approximate surface area is 94.3 Å². The van der Waals surface area contributed by atoms with Gasteiger partial charge in [0.05, 0.1) is 0 Å². The van der Waals surface area contributed by atoms with E-state index < -0.39 is 0 Å². The van der Waals surface area contributed by atoms with Gasteiger partial charge in [0.2, 0.25) is 0 Å². The van der Waals surface area contributed by atoms with Gasteiger partial charge >= 0.3 is 0 Å². The number of nitrogens with zero attached hydrogens (tertiary/aromatic N) is 2. The minimum Gasteiger partial charge on any atom is -0.281 e. The van der Waals surface area contributed by atoms with E-state index in [-0.39, 0.29) is 5.91 Å². The molecule has 0 spiro atoms. The number of aromatic amines is 1. The highest BCUT2D eigenvalue weighted by Crippen LogP contribution is 2.22. The molecule has 1 amide bonds. The monoisotopic (exact) mass is 220 g/mol. The molecule has 1 aliphatic carbocycles. The zero-order valence-electron chi connectivity index (χ0n) is 9.63. The van der Waals surface area contributed by atoms with Crippen LogP contribution in [-0.2, 0) is 12.8 Å². The Morgan fingerprint density at radius 2 is 2.38 bits per heavy atom. The molecule has 16 heavy (non-hydrogen) atoms. The van der Waals surface area contributed by atoms with Crippen molar-refractivity contribution >= 4 is 11.6 Å². The van der Waals surface area contributed by atoms with Crippen LogP contribution in [0.4, 0.5) is 0 Å². The summed E-state index contributed by atoms with van der Waals surface area (Å²) in [6.45, 7) is 3.88. The molecule has 0 saturated carbocycles. The average Bonchev–Trinajstić information content (AvgIpc) is 2.86. The molecule has 0 bridgehead atoms. The molecule has 2 N–H and O–H groups in total. The third-order valence-electron chi connectivity index (χ3n) is 2.88. The summed E-state index contributed by atoms with van der Waals surface area (Å²) in [5, 5.41) is 10.9. The van der Waals surface area contributed by atoms with Gasteiger partial charge in [0.1, 0.15) is 0 Å². The molecule has 0 atom stereocenters. The summed E-state index contributed by atoms with van der Waals surface area (Å²) in [4.78, 5) is 11.8. The fourth-order valence-corrected chi connectivity index (χ4v) is 1.79. The second kappa shape index (κ2) is 4.47. The third-order valence-corrected chi connectivity index (χ3v) is 2.88. The first kappa shape index (κ1) is 10.9. The fourth-order valence-electron chi connectivity index (χ4n) is 1.79. The molecule has 0 fully saturated rings. The van der Waals surface area contributed by atoms with Crippen LogP contribution in [0.2, 0.25) is 0 Å². The summed E-state index contributed by atoms with van der Waals surface area (Å²) < 4.78 is 0. The van der Waals surface area contributed by atoms with Gasteiger partial charge in [0.15, 0.2) is 5.69 Å². The summed E-state index contributed by atoms with van der Waals surface area (Å²) in [6.07, 6.45) is 3.86. The lowest BCUT2D eigenvalue weighted by Crippen LogP contribution is -2.20. The molecule has 1 heterocycles. The zero-order chi connectivity index (χ0) is 11.5. The van der Waals surface area contributed by atoms with Crippen molar-refractivity contribution in [3.05, 3.63) is 17.0 Å². The van der Waals surface area contributed by atoms with Crippen molar-refractivity contribution < 1.29 is 4.79 Å². The van der Waals surface area contributed by atoms with Crippen LogP contribution in [0.1, 0.15) is 48.4 Å². The number of fused-ring (bicyclic) bond motifs is 1. The number of nitrogens with one attached hydrogen (secondary N) is 2. The molecule has 1 aromatic rings. The number of hydrogen-bond acceptors (Lipinski definition) is 3. The van der Waals surface area contributed by atoms with E-state index in [4.69, 9.17) is 0 Å². The molecular weight excluding hydrogens is 204 g/mol. The lowest BCUT2D eigenvalue weighted by Gasteiger charge is -1.99. The molecular formula is C11H16N4O. The van der Waals surface area contributed by atoms with Crippen LogP contribution in [0.5, 0.6) is 0 Å². The van der Waals surface area contributed by atoms with Gasteiger partial charge in [-0.3, -0.25) is 9.89 Å². The van der Waals surface area contributed by atoms with E-state index in [1.54, 1.807) is 0 Å². The number of H-pyrrole nitrogens is 1. The van der Waals surface area contributed by atoms with E-state index in [9.17, 15) is 4.79 Å². The Bertz CT molecular complexity index is 433. The van der Waals surface area contributed by atoms with E-state index in [0.29, 0.717) is 5.69 Å². The minimum absolute atomic E-state index is 0.216. The van der Waals surface area contributed by atoms with Gasteiger partial charge in [-0.15, -0.1) is 0 Å². The number of carbonyl (C=O) groups excluding carboxylic acids is 1. The SMILES string of the molecule is CC/C(C)=N/NC(=O)c1n[nH]c2c1CCC2. The van der Waals surface area contributed by atoms with Crippen LogP contribution in [0.3, 0.4) is 0 Å². The van der Waals surface area contributed by atoms with Gasteiger partial charge in [-0.1, -0.05) is 6.92 Å². The molecule has 0 aliphatic heterocycles. The maximum atomic E-state index is 11.8. The Hall–Kier alpha value is -1.65. The molecule has 1 aromatic heterocycles. The van der Waals surface area contributed by atoms with E-state index >= 15 is 0 Å². The van der Waals surface area contributed by atoms with Crippen molar-refractivity contribution in [3.63, 3.8) is 0 Å². The van der Waals surface area contributed by atoms with Gasteiger partial charge in [0, 0.05) is 17.0 Å². The first-order chi connectivity index (χ1) is 7.72. The molecule has 0 saturated heterocycles. The second-order valence-corrected chi connectivity index (χ2v) is 4.02. The Kier molecular flexibility index (Phi) is 3.03. The first-order valence-corrected chi connectivity index (χ1v) is 5.62. The van der Waals surface area contributed by atoms with Crippen LogP contribution in [-0.4, -0.2) is 21.8 Å². The van der Waals surface area contributed by atoms with Crippen molar-refractivity contribution in [1.82, 2.24) is 15.6 Å². The average molecular weight is 220 g/mol. The highest BCUT2D eigenvalue weighted by Gasteiger charge is 2.22. The molecule has 0 radical (unpaired) electrons. The van der Waals surface area contributed by atoms with Crippen LogP contribution in [0.25, 0.3) is 0 Å². The smallest absolute Gasteiger partial charge is 0.281 e. The van der Waals surface area contributed by atoms with Crippen LogP contribution < -0.4 is 5.43 Å². The second-order valence-electron chi connectivity index (χ2n) is 4.02. The Balaban J connectivity index is 2.10. The van der Waals surface area contributed by atoms with Crippen molar-refractivity contribution in [1.29, 1.82) is 0 Å². The molecule has 2 rings (SSSR count). The summed E-state index contributed by atoms with van der Waals surface area (Å²) in [5.41, 5.74) is 6.09. The molecule has 86 valence electrons. The van der Waals surface area contributed by atoms with E-state index in [0.717, 1.165) is 42.7 Å². The largest absolute Gasteiger partial charge is 0.292 e. The number of aromatic nitrogens is 2. The number of rotatable bonds is 3. The van der Waals surface area contributed by atoms with Gasteiger partial charge in [-0.2, -0.15) is 10.2 Å². The molecule has 0 unspecified atom stereocenters. The van der Waals surface area contributed by atoms with Crippen LogP contribution in [0, 0.1) is 0 Å². The summed E-state index contributed by atoms with van der Waals surface area (Å²) in [5.74, 6) is -0.216. The van der Waals surface area contributed by atoms with Crippen LogP contribution >= 0.6 is 0 Å². The normalized spacial score (nSPS) is 15.0. The highest BCUT2D eigenvalue weighted by molar-refractivity contribution is 5.95. The molecule has 5 heteroatoms. The number of amides is 1. The standard InChI is InChI=1S/C11H16N4O/c1-3-7(2)12-15-11(16)10-8-5-4-6-9(8)13-14-10/h3-6H2,1-2H3,(H,13,14)(H,15,16)/b12-7+. The maximum absolute atomic E-state index is 11.8. The van der Waals surface area contributed by atoms with E-state index in [1.165, 1.54) is 0 Å². The van der Waals surface area contributed by atoms with Crippen molar-refractivity contribution in [2.75, 3.05) is 0 Å². The molecule has 0 aromatic carbocycles. The number of hydrazone groups is 1. The fraction of sp³-hybridized carbons (Fsp3) is 0.545. The van der Waals surface area contributed by atoms with Crippen molar-refractivity contribution in [3.8, 4) is 0 Å². The number of carbonyl (C=O) groups is 1.